The minimum Gasteiger partial charge on any atom is -0.448 e. The molecule has 0 aliphatic heterocycles. The molecule has 0 radical (unpaired) electrons. The predicted octanol–water partition coefficient (Wildman–Crippen LogP) is 3.81. The molecule has 22 heavy (non-hydrogen) atoms. The Hall–Kier alpha value is -2.36. The molecule has 0 atom stereocenters. The van der Waals surface area contributed by atoms with Crippen LogP contribution in [-0.4, -0.2) is 14.8 Å². The number of rotatable bonds is 4. The van der Waals surface area contributed by atoms with Gasteiger partial charge in [-0.1, -0.05) is 51.1 Å². The van der Waals surface area contributed by atoms with Crippen LogP contribution >= 0.6 is 0 Å². The molecule has 0 aliphatic carbocycles. The molecule has 2 aromatic heterocycles. The van der Waals surface area contributed by atoms with Gasteiger partial charge < -0.3 is 4.42 Å². The van der Waals surface area contributed by atoms with Crippen LogP contribution in [0.5, 0.6) is 0 Å². The van der Waals surface area contributed by atoms with Crippen LogP contribution in [0.2, 0.25) is 0 Å². The van der Waals surface area contributed by atoms with Gasteiger partial charge in [-0.05, 0) is 16.5 Å². The molecule has 0 aliphatic rings. The number of hydrogen-bond donors (Lipinski definition) is 0. The van der Waals surface area contributed by atoms with E-state index in [2.05, 4.69) is 49.2 Å². The highest BCUT2D eigenvalue weighted by atomic mass is 16.3. The molecule has 3 aromatic rings. The zero-order valence-corrected chi connectivity index (χ0v) is 13.3. The third kappa shape index (κ3) is 3.45. The van der Waals surface area contributed by atoms with E-state index in [1.807, 2.05) is 29.1 Å². The van der Waals surface area contributed by atoms with Gasteiger partial charge in [-0.15, -0.1) is 0 Å². The molecule has 0 saturated carbocycles. The average molecular weight is 295 g/mol. The van der Waals surface area contributed by atoms with Gasteiger partial charge in [-0.2, -0.15) is 5.10 Å². The number of aromatic nitrogens is 3. The molecular formula is C18H21N3O. The maximum absolute atomic E-state index is 5.56. The fourth-order valence-electron chi connectivity index (χ4n) is 2.28. The van der Waals surface area contributed by atoms with E-state index in [0.29, 0.717) is 13.0 Å². The Morgan fingerprint density at radius 1 is 1.14 bits per heavy atom. The van der Waals surface area contributed by atoms with Gasteiger partial charge in [-0.25, -0.2) is 4.98 Å². The molecule has 114 valence electrons. The van der Waals surface area contributed by atoms with Gasteiger partial charge in [0, 0.05) is 12.6 Å². The van der Waals surface area contributed by atoms with Crippen molar-refractivity contribution in [1.29, 1.82) is 0 Å². The standard InChI is InChI=1S/C18H21N3O/c1-18(2,3)15-10-19-21(11-15)12-16-13-22-17(20-16)9-14-7-5-4-6-8-14/h4-8,10-11,13H,9,12H2,1-3H3. The first-order valence-corrected chi connectivity index (χ1v) is 7.51. The molecular weight excluding hydrogens is 274 g/mol. The van der Waals surface area contributed by atoms with E-state index in [-0.39, 0.29) is 5.41 Å². The molecule has 0 saturated heterocycles. The monoisotopic (exact) mass is 295 g/mol. The molecule has 2 heterocycles. The summed E-state index contributed by atoms with van der Waals surface area (Å²) in [6.45, 7) is 7.18. The summed E-state index contributed by atoms with van der Waals surface area (Å²) >= 11 is 0. The van der Waals surface area contributed by atoms with E-state index in [4.69, 9.17) is 4.42 Å². The lowest BCUT2D eigenvalue weighted by Gasteiger charge is -2.14. The highest BCUT2D eigenvalue weighted by Crippen LogP contribution is 2.21. The Bertz CT molecular complexity index is 735. The summed E-state index contributed by atoms with van der Waals surface area (Å²) in [5, 5.41) is 4.41. The first-order valence-electron chi connectivity index (χ1n) is 7.51. The quantitative estimate of drug-likeness (QED) is 0.735. The second kappa shape index (κ2) is 5.79. The topological polar surface area (TPSA) is 43.9 Å². The maximum atomic E-state index is 5.56. The van der Waals surface area contributed by atoms with Crippen molar-refractivity contribution in [2.45, 2.75) is 39.2 Å². The van der Waals surface area contributed by atoms with Crippen molar-refractivity contribution in [2.75, 3.05) is 0 Å². The average Bonchev–Trinajstić information content (AvgIpc) is 3.10. The fraction of sp³-hybridized carbons (Fsp3) is 0.333. The number of nitrogens with zero attached hydrogens (tertiary/aromatic N) is 3. The van der Waals surface area contributed by atoms with Crippen molar-refractivity contribution in [3.63, 3.8) is 0 Å². The number of benzene rings is 1. The highest BCUT2D eigenvalue weighted by Gasteiger charge is 2.16. The Morgan fingerprint density at radius 2 is 1.91 bits per heavy atom. The zero-order valence-electron chi connectivity index (χ0n) is 13.3. The maximum Gasteiger partial charge on any atom is 0.198 e. The molecule has 0 amide bonds. The smallest absolute Gasteiger partial charge is 0.198 e. The molecule has 0 fully saturated rings. The Balaban J connectivity index is 1.68. The third-order valence-electron chi connectivity index (χ3n) is 3.62. The second-order valence-electron chi connectivity index (χ2n) is 6.57. The normalized spacial score (nSPS) is 11.8. The van der Waals surface area contributed by atoms with Gasteiger partial charge in [0.25, 0.3) is 0 Å². The van der Waals surface area contributed by atoms with E-state index >= 15 is 0 Å². The molecule has 3 rings (SSSR count). The van der Waals surface area contributed by atoms with Crippen molar-refractivity contribution >= 4 is 0 Å². The van der Waals surface area contributed by atoms with Gasteiger partial charge in [0.1, 0.15) is 12.0 Å². The second-order valence-corrected chi connectivity index (χ2v) is 6.57. The fourth-order valence-corrected chi connectivity index (χ4v) is 2.28. The van der Waals surface area contributed by atoms with E-state index in [0.717, 1.165) is 11.6 Å². The third-order valence-corrected chi connectivity index (χ3v) is 3.62. The van der Waals surface area contributed by atoms with Gasteiger partial charge in [0.05, 0.1) is 12.7 Å². The molecule has 0 N–H and O–H groups in total. The van der Waals surface area contributed by atoms with Crippen molar-refractivity contribution in [3.8, 4) is 0 Å². The van der Waals surface area contributed by atoms with Crippen molar-refractivity contribution < 1.29 is 4.42 Å². The summed E-state index contributed by atoms with van der Waals surface area (Å²) in [7, 11) is 0. The van der Waals surface area contributed by atoms with Crippen LogP contribution in [-0.2, 0) is 18.4 Å². The van der Waals surface area contributed by atoms with Gasteiger partial charge in [0.15, 0.2) is 5.89 Å². The van der Waals surface area contributed by atoms with Crippen LogP contribution in [0.25, 0.3) is 0 Å². The first kappa shape index (κ1) is 14.6. The number of hydrogen-bond acceptors (Lipinski definition) is 3. The SMILES string of the molecule is CC(C)(C)c1cnn(Cc2coc(Cc3ccccc3)n2)c1. The van der Waals surface area contributed by atoms with Crippen molar-refractivity contribution in [3.05, 3.63) is 71.7 Å². The van der Waals surface area contributed by atoms with Crippen LogP contribution in [0, 0.1) is 0 Å². The minimum absolute atomic E-state index is 0.112. The Labute approximate surface area is 130 Å². The van der Waals surface area contributed by atoms with Crippen molar-refractivity contribution in [2.24, 2.45) is 0 Å². The van der Waals surface area contributed by atoms with E-state index in [1.54, 1.807) is 6.26 Å². The summed E-state index contributed by atoms with van der Waals surface area (Å²) in [5.74, 6) is 0.740. The molecule has 4 heteroatoms. The van der Waals surface area contributed by atoms with Crippen LogP contribution < -0.4 is 0 Å². The molecule has 0 bridgehead atoms. The van der Waals surface area contributed by atoms with Gasteiger partial charge >= 0.3 is 0 Å². The summed E-state index contributed by atoms with van der Waals surface area (Å²) in [6, 6.07) is 10.2. The summed E-state index contributed by atoms with van der Waals surface area (Å²) in [5.41, 5.74) is 3.43. The largest absolute Gasteiger partial charge is 0.448 e. The molecule has 1 aromatic carbocycles. The summed E-state index contributed by atoms with van der Waals surface area (Å²) < 4.78 is 7.47. The highest BCUT2D eigenvalue weighted by molar-refractivity contribution is 5.19. The predicted molar refractivity (Wildman–Crippen MR) is 85.8 cm³/mol. The summed E-state index contributed by atoms with van der Waals surface area (Å²) in [6.07, 6.45) is 6.43. The lowest BCUT2D eigenvalue weighted by atomic mass is 9.90. The van der Waals surface area contributed by atoms with Crippen LogP contribution in [0.1, 0.15) is 43.5 Å². The van der Waals surface area contributed by atoms with Gasteiger partial charge in [-0.3, -0.25) is 4.68 Å². The van der Waals surface area contributed by atoms with Crippen LogP contribution in [0.15, 0.2) is 53.4 Å². The lowest BCUT2D eigenvalue weighted by Crippen LogP contribution is -2.09. The molecule has 0 spiro atoms. The van der Waals surface area contributed by atoms with E-state index < -0.39 is 0 Å². The molecule has 4 nitrogen and oxygen atoms in total. The summed E-state index contributed by atoms with van der Waals surface area (Å²) in [4.78, 5) is 4.54. The first-order chi connectivity index (χ1) is 10.5. The molecule has 0 unspecified atom stereocenters. The lowest BCUT2D eigenvalue weighted by molar-refractivity contribution is 0.505. The van der Waals surface area contributed by atoms with Crippen LogP contribution in [0.4, 0.5) is 0 Å². The van der Waals surface area contributed by atoms with Crippen LogP contribution in [0.3, 0.4) is 0 Å². The zero-order chi connectivity index (χ0) is 15.6. The minimum atomic E-state index is 0.112. The van der Waals surface area contributed by atoms with Crippen molar-refractivity contribution in [1.82, 2.24) is 14.8 Å². The van der Waals surface area contributed by atoms with E-state index in [1.165, 1.54) is 11.1 Å². The Morgan fingerprint density at radius 3 is 2.59 bits per heavy atom. The Kier molecular flexibility index (Phi) is 3.84. The van der Waals surface area contributed by atoms with E-state index in [9.17, 15) is 0 Å². The number of oxazole rings is 1. The van der Waals surface area contributed by atoms with Gasteiger partial charge in [0.2, 0.25) is 0 Å².